The number of H-pyrrole nitrogens is 1. The van der Waals surface area contributed by atoms with Crippen LogP contribution < -0.4 is 0 Å². The average Bonchev–Trinajstić information content (AvgIpc) is 2.73. The highest BCUT2D eigenvalue weighted by Crippen LogP contribution is 2.21. The molecule has 0 unspecified atom stereocenters. The average molecular weight is 228 g/mol. The first-order valence-electron chi connectivity index (χ1n) is 4.95. The first-order chi connectivity index (χ1) is 7.83. The van der Waals surface area contributed by atoms with Crippen LogP contribution in [-0.4, -0.2) is 9.97 Å². The van der Waals surface area contributed by atoms with E-state index in [9.17, 15) is 0 Å². The number of nitrogens with one attached hydrogen (secondary N) is 1. The van der Waals surface area contributed by atoms with Crippen LogP contribution in [0.4, 0.5) is 0 Å². The number of aromatic amines is 1. The molecule has 0 spiro atoms. The molecule has 0 aliphatic heterocycles. The monoisotopic (exact) mass is 227 g/mol. The van der Waals surface area contributed by atoms with Crippen molar-refractivity contribution in [2.75, 3.05) is 0 Å². The highest BCUT2D eigenvalue weighted by atomic mass is 35.5. The SMILES string of the molecule is Clc1ccc(-c2nc3cc[c]cc3[nH]2)cc1. The van der Waals surface area contributed by atoms with Crippen LogP contribution in [0.15, 0.2) is 42.5 Å². The lowest BCUT2D eigenvalue weighted by molar-refractivity contribution is 1.34. The molecule has 0 amide bonds. The summed E-state index contributed by atoms with van der Waals surface area (Å²) in [6.07, 6.45) is 0. The molecular weight excluding hydrogens is 220 g/mol. The third-order valence-electron chi connectivity index (χ3n) is 2.44. The van der Waals surface area contributed by atoms with Crippen molar-refractivity contribution in [1.29, 1.82) is 0 Å². The summed E-state index contributed by atoms with van der Waals surface area (Å²) in [5, 5.41) is 0.730. The second-order valence-electron chi connectivity index (χ2n) is 3.54. The van der Waals surface area contributed by atoms with Crippen molar-refractivity contribution < 1.29 is 0 Å². The van der Waals surface area contributed by atoms with Gasteiger partial charge in [0.2, 0.25) is 0 Å². The maximum Gasteiger partial charge on any atom is 0.138 e. The molecule has 0 aliphatic rings. The molecule has 2 nitrogen and oxygen atoms in total. The summed E-state index contributed by atoms with van der Waals surface area (Å²) in [6.45, 7) is 0. The predicted molar refractivity (Wildman–Crippen MR) is 65.4 cm³/mol. The molecule has 16 heavy (non-hydrogen) atoms. The molecule has 3 heteroatoms. The molecule has 2 aromatic carbocycles. The van der Waals surface area contributed by atoms with E-state index in [0.717, 1.165) is 27.4 Å². The van der Waals surface area contributed by atoms with Gasteiger partial charge in [0.05, 0.1) is 11.0 Å². The van der Waals surface area contributed by atoms with Gasteiger partial charge in [-0.25, -0.2) is 4.98 Å². The molecular formula is C13H8ClN2. The highest BCUT2D eigenvalue weighted by Gasteiger charge is 2.03. The van der Waals surface area contributed by atoms with E-state index in [1.165, 1.54) is 0 Å². The van der Waals surface area contributed by atoms with Crippen LogP contribution in [0.25, 0.3) is 22.4 Å². The summed E-state index contributed by atoms with van der Waals surface area (Å²) in [6, 6.07) is 16.3. The lowest BCUT2D eigenvalue weighted by atomic mass is 10.2. The maximum atomic E-state index is 5.84. The number of hydrogen-bond donors (Lipinski definition) is 1. The number of benzene rings is 2. The fraction of sp³-hybridized carbons (Fsp3) is 0. The van der Waals surface area contributed by atoms with E-state index in [2.05, 4.69) is 16.0 Å². The van der Waals surface area contributed by atoms with Gasteiger partial charge < -0.3 is 4.98 Å². The van der Waals surface area contributed by atoms with Gasteiger partial charge in [0.15, 0.2) is 0 Å². The third-order valence-corrected chi connectivity index (χ3v) is 2.70. The van der Waals surface area contributed by atoms with Crippen molar-refractivity contribution in [3.05, 3.63) is 53.6 Å². The molecule has 1 aromatic heterocycles. The lowest BCUT2D eigenvalue weighted by Gasteiger charge is -1.95. The van der Waals surface area contributed by atoms with Gasteiger partial charge in [-0.1, -0.05) is 17.7 Å². The zero-order chi connectivity index (χ0) is 11.0. The largest absolute Gasteiger partial charge is 0.338 e. The fourth-order valence-corrected chi connectivity index (χ4v) is 1.77. The summed E-state index contributed by atoms with van der Waals surface area (Å²) in [5.74, 6) is 0.853. The Morgan fingerprint density at radius 1 is 1.12 bits per heavy atom. The van der Waals surface area contributed by atoms with Crippen LogP contribution in [0.1, 0.15) is 0 Å². The van der Waals surface area contributed by atoms with Gasteiger partial charge in [0.25, 0.3) is 0 Å². The van der Waals surface area contributed by atoms with Crippen molar-refractivity contribution in [3.63, 3.8) is 0 Å². The molecule has 0 atom stereocenters. The normalized spacial score (nSPS) is 10.8. The lowest BCUT2D eigenvalue weighted by Crippen LogP contribution is -1.78. The summed E-state index contributed by atoms with van der Waals surface area (Å²) < 4.78 is 0. The third kappa shape index (κ3) is 1.57. The molecule has 0 saturated carbocycles. The number of hydrogen-bond acceptors (Lipinski definition) is 1. The smallest absolute Gasteiger partial charge is 0.138 e. The van der Waals surface area contributed by atoms with Gasteiger partial charge in [0, 0.05) is 10.6 Å². The second-order valence-corrected chi connectivity index (χ2v) is 3.97. The topological polar surface area (TPSA) is 28.7 Å². The fourth-order valence-electron chi connectivity index (χ4n) is 1.64. The van der Waals surface area contributed by atoms with Crippen LogP contribution in [-0.2, 0) is 0 Å². The molecule has 1 radical (unpaired) electrons. The van der Waals surface area contributed by atoms with E-state index in [1.54, 1.807) is 0 Å². The summed E-state index contributed by atoms with van der Waals surface area (Å²) >= 11 is 5.84. The van der Waals surface area contributed by atoms with Crippen molar-refractivity contribution >= 4 is 22.6 Å². The van der Waals surface area contributed by atoms with Gasteiger partial charge in [0.1, 0.15) is 5.82 Å². The van der Waals surface area contributed by atoms with Gasteiger partial charge in [-0.15, -0.1) is 0 Å². The van der Waals surface area contributed by atoms with E-state index in [-0.39, 0.29) is 0 Å². The molecule has 1 heterocycles. The van der Waals surface area contributed by atoms with E-state index >= 15 is 0 Å². The summed E-state index contributed by atoms with van der Waals surface area (Å²) in [7, 11) is 0. The zero-order valence-corrected chi connectivity index (χ0v) is 9.12. The first kappa shape index (κ1) is 9.43. The molecule has 0 saturated heterocycles. The Kier molecular flexibility index (Phi) is 2.15. The molecule has 77 valence electrons. The highest BCUT2D eigenvalue weighted by molar-refractivity contribution is 6.30. The number of halogens is 1. The van der Waals surface area contributed by atoms with Gasteiger partial charge in [-0.2, -0.15) is 0 Å². The van der Waals surface area contributed by atoms with Gasteiger partial charge >= 0.3 is 0 Å². The Balaban J connectivity index is 2.15. The standard InChI is InChI=1S/C13H8ClN2/c14-10-7-5-9(6-8-10)13-15-11-3-1-2-4-12(11)16-13/h1,3-8H,(H,15,16). The van der Waals surface area contributed by atoms with Gasteiger partial charge in [-0.05, 0) is 42.5 Å². The number of imidazole rings is 1. The number of nitrogens with zero attached hydrogens (tertiary/aromatic N) is 1. The van der Waals surface area contributed by atoms with Crippen molar-refractivity contribution in [2.45, 2.75) is 0 Å². The van der Waals surface area contributed by atoms with Crippen molar-refractivity contribution in [1.82, 2.24) is 9.97 Å². The Morgan fingerprint density at radius 3 is 2.69 bits per heavy atom. The van der Waals surface area contributed by atoms with Crippen LogP contribution in [0, 0.1) is 6.07 Å². The summed E-state index contributed by atoms with van der Waals surface area (Å²) in [5.41, 5.74) is 2.97. The van der Waals surface area contributed by atoms with E-state index < -0.39 is 0 Å². The first-order valence-corrected chi connectivity index (χ1v) is 5.32. The van der Waals surface area contributed by atoms with E-state index in [1.807, 2.05) is 42.5 Å². The quantitative estimate of drug-likeness (QED) is 0.675. The number of rotatable bonds is 1. The van der Waals surface area contributed by atoms with E-state index in [0.29, 0.717) is 0 Å². The van der Waals surface area contributed by atoms with Gasteiger partial charge in [-0.3, -0.25) is 0 Å². The van der Waals surface area contributed by atoms with Crippen LogP contribution >= 0.6 is 11.6 Å². The molecule has 3 aromatic rings. The minimum Gasteiger partial charge on any atom is -0.338 e. The van der Waals surface area contributed by atoms with Crippen molar-refractivity contribution in [3.8, 4) is 11.4 Å². The van der Waals surface area contributed by atoms with E-state index in [4.69, 9.17) is 11.6 Å². The molecule has 0 bridgehead atoms. The number of aromatic nitrogens is 2. The Hall–Kier alpha value is -1.80. The molecule has 0 aliphatic carbocycles. The van der Waals surface area contributed by atoms with Crippen LogP contribution in [0.2, 0.25) is 5.02 Å². The van der Waals surface area contributed by atoms with Crippen LogP contribution in [0.3, 0.4) is 0 Å². The summed E-state index contributed by atoms with van der Waals surface area (Å²) in [4.78, 5) is 7.74. The zero-order valence-electron chi connectivity index (χ0n) is 8.37. The Bertz CT molecular complexity index is 593. The minimum absolute atomic E-state index is 0.730. The second kappa shape index (κ2) is 3.65. The number of fused-ring (bicyclic) bond motifs is 1. The predicted octanol–water partition coefficient (Wildman–Crippen LogP) is 3.68. The molecule has 3 rings (SSSR count). The Morgan fingerprint density at radius 2 is 1.94 bits per heavy atom. The van der Waals surface area contributed by atoms with Crippen LogP contribution in [0.5, 0.6) is 0 Å². The molecule has 0 fully saturated rings. The minimum atomic E-state index is 0.730. The van der Waals surface area contributed by atoms with Crippen molar-refractivity contribution in [2.24, 2.45) is 0 Å². The Labute approximate surface area is 97.9 Å². The molecule has 1 N–H and O–H groups in total. The maximum absolute atomic E-state index is 5.84.